The van der Waals surface area contributed by atoms with Crippen LogP contribution in [0.15, 0.2) is 18.2 Å². The maximum Gasteiger partial charge on any atom is 0.404 e. The minimum Gasteiger partial charge on any atom is -0.494 e. The number of carbonyl (C=O) groups is 5. The molecule has 1 atom stereocenters. The van der Waals surface area contributed by atoms with Gasteiger partial charge in [-0.1, -0.05) is 0 Å². The van der Waals surface area contributed by atoms with E-state index in [2.05, 4.69) is 10.1 Å². The molecule has 2 aliphatic heterocycles. The number of carbonyl (C=O) groups excluding carboxylic acids is 5. The van der Waals surface area contributed by atoms with Crippen molar-refractivity contribution in [3.63, 3.8) is 0 Å². The fourth-order valence-corrected chi connectivity index (χ4v) is 3.11. The monoisotopic (exact) mass is 389 g/mol. The van der Waals surface area contributed by atoms with Gasteiger partial charge < -0.3 is 15.2 Å². The number of amides is 5. The lowest BCUT2D eigenvalue weighted by molar-refractivity contribution is -0.136. The Morgan fingerprint density at radius 2 is 1.82 bits per heavy atom. The minimum atomic E-state index is -1.00. The molecular formula is C18H19N3O7. The van der Waals surface area contributed by atoms with Crippen molar-refractivity contribution in [2.75, 3.05) is 13.2 Å². The lowest BCUT2D eigenvalue weighted by Gasteiger charge is -2.27. The predicted octanol–water partition coefficient (Wildman–Crippen LogP) is 0.342. The number of unbranched alkanes of at least 4 members (excludes halogenated alkanes) is 1. The van der Waals surface area contributed by atoms with Crippen molar-refractivity contribution in [3.05, 3.63) is 29.3 Å². The first-order valence-corrected chi connectivity index (χ1v) is 8.79. The van der Waals surface area contributed by atoms with Gasteiger partial charge in [-0.2, -0.15) is 0 Å². The highest BCUT2D eigenvalue weighted by Crippen LogP contribution is 2.30. The highest BCUT2D eigenvalue weighted by Gasteiger charge is 2.44. The average molecular weight is 389 g/mol. The Labute approximate surface area is 159 Å². The van der Waals surface area contributed by atoms with Gasteiger partial charge in [0.1, 0.15) is 11.8 Å². The molecule has 3 rings (SSSR count). The molecule has 28 heavy (non-hydrogen) atoms. The Hall–Kier alpha value is -3.43. The Morgan fingerprint density at radius 3 is 2.54 bits per heavy atom. The van der Waals surface area contributed by atoms with E-state index >= 15 is 0 Å². The number of hydrogen-bond donors (Lipinski definition) is 2. The molecule has 1 saturated heterocycles. The topological polar surface area (TPSA) is 145 Å². The molecule has 1 fully saturated rings. The van der Waals surface area contributed by atoms with Crippen LogP contribution in [0.4, 0.5) is 4.79 Å². The Balaban J connectivity index is 1.62. The van der Waals surface area contributed by atoms with Gasteiger partial charge in [0.2, 0.25) is 11.8 Å². The van der Waals surface area contributed by atoms with Crippen LogP contribution in [0.25, 0.3) is 0 Å². The number of benzene rings is 1. The standard InChI is InChI=1S/C18H19N3O7/c19-18(26)28-8-2-1-7-27-10-3-4-11-12(9-10)17(25)21(16(11)24)13-5-6-14(22)20-15(13)23/h3-4,9,13H,1-2,5-8H2,(H2,19,26)(H,20,22,23). The van der Waals surface area contributed by atoms with Crippen LogP contribution in [0.1, 0.15) is 46.4 Å². The number of fused-ring (bicyclic) bond motifs is 1. The molecule has 0 radical (unpaired) electrons. The number of rotatable bonds is 7. The second kappa shape index (κ2) is 8.07. The third-order valence-electron chi connectivity index (χ3n) is 4.46. The minimum absolute atomic E-state index is 0.0671. The zero-order valence-electron chi connectivity index (χ0n) is 14.9. The third-order valence-corrected chi connectivity index (χ3v) is 4.46. The van der Waals surface area contributed by atoms with Gasteiger partial charge in [0, 0.05) is 6.42 Å². The summed E-state index contributed by atoms with van der Waals surface area (Å²) in [7, 11) is 0. The molecular weight excluding hydrogens is 370 g/mol. The van der Waals surface area contributed by atoms with Crippen molar-refractivity contribution in [1.29, 1.82) is 0 Å². The van der Waals surface area contributed by atoms with Crippen molar-refractivity contribution < 1.29 is 33.4 Å². The summed E-state index contributed by atoms with van der Waals surface area (Å²) < 4.78 is 10.2. The van der Waals surface area contributed by atoms with Crippen molar-refractivity contribution >= 4 is 29.7 Å². The summed E-state index contributed by atoms with van der Waals surface area (Å²) in [6, 6.07) is 3.51. The van der Waals surface area contributed by atoms with Crippen LogP contribution < -0.4 is 15.8 Å². The Morgan fingerprint density at radius 1 is 1.11 bits per heavy atom. The second-order valence-corrected chi connectivity index (χ2v) is 6.38. The molecule has 1 unspecified atom stereocenters. The number of primary amides is 1. The van der Waals surface area contributed by atoms with E-state index in [1.54, 1.807) is 6.07 Å². The fraction of sp³-hybridized carbons (Fsp3) is 0.389. The zero-order valence-corrected chi connectivity index (χ0v) is 14.9. The van der Waals surface area contributed by atoms with E-state index in [1.165, 1.54) is 12.1 Å². The van der Waals surface area contributed by atoms with E-state index in [-0.39, 0.29) is 30.6 Å². The third kappa shape index (κ3) is 3.95. The molecule has 10 nitrogen and oxygen atoms in total. The summed E-state index contributed by atoms with van der Waals surface area (Å²) in [5.74, 6) is -1.82. The van der Waals surface area contributed by atoms with Gasteiger partial charge in [-0.3, -0.25) is 29.4 Å². The summed E-state index contributed by atoms with van der Waals surface area (Å²) in [4.78, 5) is 59.9. The first-order valence-electron chi connectivity index (χ1n) is 8.79. The molecule has 2 aliphatic rings. The molecule has 2 heterocycles. The molecule has 1 aromatic carbocycles. The molecule has 0 spiro atoms. The van der Waals surface area contributed by atoms with Crippen LogP contribution in [0.3, 0.4) is 0 Å². The second-order valence-electron chi connectivity index (χ2n) is 6.38. The van der Waals surface area contributed by atoms with E-state index in [1.807, 2.05) is 0 Å². The number of nitrogens with zero attached hydrogens (tertiary/aromatic N) is 1. The van der Waals surface area contributed by atoms with Gasteiger partial charge >= 0.3 is 6.09 Å². The van der Waals surface area contributed by atoms with Crippen LogP contribution in [-0.4, -0.2) is 53.9 Å². The fourth-order valence-electron chi connectivity index (χ4n) is 3.11. The van der Waals surface area contributed by atoms with E-state index in [4.69, 9.17) is 10.5 Å². The van der Waals surface area contributed by atoms with Crippen molar-refractivity contribution in [3.8, 4) is 5.75 Å². The van der Waals surface area contributed by atoms with Crippen LogP contribution in [-0.2, 0) is 14.3 Å². The van der Waals surface area contributed by atoms with Crippen LogP contribution in [0, 0.1) is 0 Å². The lowest BCUT2D eigenvalue weighted by Crippen LogP contribution is -2.54. The summed E-state index contributed by atoms with van der Waals surface area (Å²) in [5.41, 5.74) is 5.21. The molecule has 0 saturated carbocycles. The molecule has 3 N–H and O–H groups in total. The van der Waals surface area contributed by atoms with Crippen LogP contribution >= 0.6 is 0 Å². The first-order chi connectivity index (χ1) is 13.4. The van der Waals surface area contributed by atoms with E-state index in [0.717, 1.165) is 4.90 Å². The largest absolute Gasteiger partial charge is 0.494 e. The number of nitrogens with two attached hydrogens (primary N) is 1. The van der Waals surface area contributed by atoms with Gasteiger partial charge in [-0.05, 0) is 37.5 Å². The van der Waals surface area contributed by atoms with E-state index < -0.39 is 35.8 Å². The Bertz CT molecular complexity index is 852. The SMILES string of the molecule is NC(=O)OCCCCOc1ccc2c(c1)C(=O)N(C1CCC(=O)NC1=O)C2=O. The average Bonchev–Trinajstić information content (AvgIpc) is 2.89. The van der Waals surface area contributed by atoms with Gasteiger partial charge in [0.25, 0.3) is 11.8 Å². The smallest absolute Gasteiger partial charge is 0.404 e. The highest BCUT2D eigenvalue weighted by molar-refractivity contribution is 6.23. The zero-order chi connectivity index (χ0) is 20.3. The predicted molar refractivity (Wildman–Crippen MR) is 93.4 cm³/mol. The summed E-state index contributed by atoms with van der Waals surface area (Å²) in [6.45, 7) is 0.511. The molecule has 1 aromatic rings. The summed E-state index contributed by atoms with van der Waals surface area (Å²) in [5, 5.41) is 2.15. The van der Waals surface area contributed by atoms with Gasteiger partial charge in [-0.15, -0.1) is 0 Å². The molecule has 10 heteroatoms. The number of nitrogens with one attached hydrogen (secondary N) is 1. The van der Waals surface area contributed by atoms with Crippen molar-refractivity contribution in [1.82, 2.24) is 10.2 Å². The lowest BCUT2D eigenvalue weighted by atomic mass is 10.0. The highest BCUT2D eigenvalue weighted by atomic mass is 16.5. The van der Waals surface area contributed by atoms with Crippen molar-refractivity contribution in [2.24, 2.45) is 5.73 Å². The number of piperidine rings is 1. The molecule has 148 valence electrons. The summed E-state index contributed by atoms with van der Waals surface area (Å²) in [6.07, 6.45) is 0.502. The quantitative estimate of drug-likeness (QED) is 0.505. The van der Waals surface area contributed by atoms with E-state index in [9.17, 15) is 24.0 Å². The van der Waals surface area contributed by atoms with Gasteiger partial charge in [0.05, 0.1) is 24.3 Å². The molecule has 0 aliphatic carbocycles. The van der Waals surface area contributed by atoms with Gasteiger partial charge in [-0.25, -0.2) is 4.79 Å². The maximum absolute atomic E-state index is 12.7. The van der Waals surface area contributed by atoms with Crippen molar-refractivity contribution in [2.45, 2.75) is 31.7 Å². The number of ether oxygens (including phenoxy) is 2. The normalized spacial score (nSPS) is 18.7. The van der Waals surface area contributed by atoms with E-state index in [0.29, 0.717) is 25.2 Å². The first kappa shape index (κ1) is 19.3. The number of hydrogen-bond acceptors (Lipinski definition) is 7. The van der Waals surface area contributed by atoms with Crippen LogP contribution in [0.5, 0.6) is 5.75 Å². The maximum atomic E-state index is 12.7. The molecule has 5 amide bonds. The molecule has 0 aromatic heterocycles. The van der Waals surface area contributed by atoms with Crippen LogP contribution in [0.2, 0.25) is 0 Å². The molecule has 0 bridgehead atoms. The summed E-state index contributed by atoms with van der Waals surface area (Å²) >= 11 is 0. The Kier molecular flexibility index (Phi) is 5.57. The number of imide groups is 2. The van der Waals surface area contributed by atoms with Gasteiger partial charge in [0.15, 0.2) is 0 Å².